The molecule has 1 unspecified atom stereocenters. The molecule has 80 valence electrons. The Hall–Kier alpha value is -0.860. The van der Waals surface area contributed by atoms with Gasteiger partial charge in [0.1, 0.15) is 0 Å². The molecule has 2 nitrogen and oxygen atoms in total. The van der Waals surface area contributed by atoms with Crippen LogP contribution in [0.3, 0.4) is 0 Å². The topological polar surface area (TPSA) is 29.3 Å². The zero-order valence-electron chi connectivity index (χ0n) is 9.24. The van der Waals surface area contributed by atoms with Crippen LogP contribution < -0.4 is 5.73 Å². The molecule has 0 amide bonds. The zero-order chi connectivity index (χ0) is 10.4. The van der Waals surface area contributed by atoms with E-state index in [4.69, 9.17) is 5.73 Å². The molecule has 1 heterocycles. The van der Waals surface area contributed by atoms with Crippen molar-refractivity contribution < 1.29 is 0 Å². The molecular weight excluding hydrogens is 184 g/mol. The van der Waals surface area contributed by atoms with Crippen LogP contribution in [0, 0.1) is 6.92 Å². The number of nitrogens with two attached hydrogens (primary N) is 1. The summed E-state index contributed by atoms with van der Waals surface area (Å²) in [6.45, 7) is 4.30. The molecule has 0 spiro atoms. The van der Waals surface area contributed by atoms with Gasteiger partial charge in [0.25, 0.3) is 0 Å². The minimum atomic E-state index is 0.218. The monoisotopic (exact) mass is 202 g/mol. The third kappa shape index (κ3) is 1.68. The fraction of sp³-hybridized carbons (Fsp3) is 0.538. The molecule has 2 N–H and O–H groups in total. The van der Waals surface area contributed by atoms with Crippen LogP contribution in [0.5, 0.6) is 0 Å². The Kier molecular flexibility index (Phi) is 2.08. The molecule has 0 saturated heterocycles. The number of benzene rings is 1. The second-order valence-electron chi connectivity index (χ2n) is 4.97. The predicted molar refractivity (Wildman–Crippen MR) is 61.5 cm³/mol. The molecule has 0 radical (unpaired) electrons. The van der Waals surface area contributed by atoms with E-state index in [1.165, 1.54) is 29.5 Å². The van der Waals surface area contributed by atoms with E-state index in [0.29, 0.717) is 0 Å². The molecule has 3 rings (SSSR count). The lowest BCUT2D eigenvalue weighted by atomic mass is 9.94. The highest BCUT2D eigenvalue weighted by Gasteiger charge is 2.33. The van der Waals surface area contributed by atoms with Crippen LogP contribution in [-0.2, 0) is 6.54 Å². The summed E-state index contributed by atoms with van der Waals surface area (Å²) < 4.78 is 0. The molecule has 1 fully saturated rings. The van der Waals surface area contributed by atoms with Crippen molar-refractivity contribution in [3.63, 3.8) is 0 Å². The number of hydrogen-bond donors (Lipinski definition) is 1. The lowest BCUT2D eigenvalue weighted by molar-refractivity contribution is 0.221. The quantitative estimate of drug-likeness (QED) is 0.754. The summed E-state index contributed by atoms with van der Waals surface area (Å²) in [6.07, 6.45) is 2.74. The highest BCUT2D eigenvalue weighted by Crippen LogP contribution is 2.34. The molecule has 1 aromatic rings. The van der Waals surface area contributed by atoms with Gasteiger partial charge in [0.2, 0.25) is 0 Å². The molecule has 15 heavy (non-hydrogen) atoms. The fourth-order valence-corrected chi connectivity index (χ4v) is 2.59. The van der Waals surface area contributed by atoms with E-state index in [9.17, 15) is 0 Å². The molecule has 2 heteroatoms. The average molecular weight is 202 g/mol. The van der Waals surface area contributed by atoms with Crippen molar-refractivity contribution in [2.45, 2.75) is 38.4 Å². The van der Waals surface area contributed by atoms with Gasteiger partial charge in [0.05, 0.1) is 0 Å². The summed E-state index contributed by atoms with van der Waals surface area (Å²) >= 11 is 0. The minimum absolute atomic E-state index is 0.218. The van der Waals surface area contributed by atoms with Crippen LogP contribution in [0.15, 0.2) is 18.2 Å². The lowest BCUT2D eigenvalue weighted by Crippen LogP contribution is -2.38. The molecular formula is C13H18N2. The minimum Gasteiger partial charge on any atom is -0.323 e. The van der Waals surface area contributed by atoms with E-state index in [2.05, 4.69) is 30.0 Å². The summed E-state index contributed by atoms with van der Waals surface area (Å²) in [5.41, 5.74) is 10.4. The van der Waals surface area contributed by atoms with Crippen LogP contribution in [-0.4, -0.2) is 17.5 Å². The van der Waals surface area contributed by atoms with Gasteiger partial charge in [0.15, 0.2) is 0 Å². The molecule has 1 aliphatic carbocycles. The Morgan fingerprint density at radius 2 is 2.13 bits per heavy atom. The summed E-state index contributed by atoms with van der Waals surface area (Å²) in [5, 5.41) is 0. The van der Waals surface area contributed by atoms with Gasteiger partial charge < -0.3 is 5.73 Å². The van der Waals surface area contributed by atoms with Crippen LogP contribution in [0.2, 0.25) is 0 Å². The first kappa shape index (κ1) is 9.37. The van der Waals surface area contributed by atoms with Crippen LogP contribution >= 0.6 is 0 Å². The Labute approximate surface area is 91.1 Å². The van der Waals surface area contributed by atoms with Gasteiger partial charge >= 0.3 is 0 Å². The number of hydrogen-bond acceptors (Lipinski definition) is 2. The van der Waals surface area contributed by atoms with Crippen LogP contribution in [0.1, 0.15) is 35.6 Å². The van der Waals surface area contributed by atoms with E-state index in [1.54, 1.807) is 0 Å². The number of fused-ring (bicyclic) bond motifs is 1. The Balaban J connectivity index is 1.93. The highest BCUT2D eigenvalue weighted by atomic mass is 15.2. The van der Waals surface area contributed by atoms with Crippen LogP contribution in [0.25, 0.3) is 0 Å². The maximum Gasteiger partial charge on any atom is 0.0427 e. The molecule has 1 aromatic carbocycles. The maximum absolute atomic E-state index is 6.21. The molecule has 1 atom stereocenters. The zero-order valence-corrected chi connectivity index (χ0v) is 9.24. The van der Waals surface area contributed by atoms with E-state index < -0.39 is 0 Å². The van der Waals surface area contributed by atoms with Crippen molar-refractivity contribution in [3.8, 4) is 0 Å². The van der Waals surface area contributed by atoms with E-state index >= 15 is 0 Å². The fourth-order valence-electron chi connectivity index (χ4n) is 2.59. The van der Waals surface area contributed by atoms with Gasteiger partial charge in [-0.05, 0) is 30.9 Å². The Bertz CT molecular complexity index is 382. The molecule has 1 aliphatic heterocycles. The van der Waals surface area contributed by atoms with Gasteiger partial charge in [-0.1, -0.05) is 23.8 Å². The first-order chi connectivity index (χ1) is 7.24. The summed E-state index contributed by atoms with van der Waals surface area (Å²) in [7, 11) is 0. The Morgan fingerprint density at radius 1 is 1.33 bits per heavy atom. The molecule has 0 bridgehead atoms. The third-order valence-corrected chi connectivity index (χ3v) is 3.57. The third-order valence-electron chi connectivity index (χ3n) is 3.57. The van der Waals surface area contributed by atoms with Gasteiger partial charge in [-0.25, -0.2) is 0 Å². The van der Waals surface area contributed by atoms with Crippen molar-refractivity contribution in [2.75, 3.05) is 6.54 Å². The van der Waals surface area contributed by atoms with Crippen molar-refractivity contribution in [1.29, 1.82) is 0 Å². The average Bonchev–Trinajstić information content (AvgIpc) is 2.99. The first-order valence-electron chi connectivity index (χ1n) is 5.83. The van der Waals surface area contributed by atoms with Gasteiger partial charge in [-0.2, -0.15) is 0 Å². The largest absolute Gasteiger partial charge is 0.323 e. The summed E-state index contributed by atoms with van der Waals surface area (Å²) in [6, 6.07) is 7.72. The SMILES string of the molecule is Cc1ccc2c(c1)CN(C1CC1)CC2N. The number of rotatable bonds is 1. The first-order valence-corrected chi connectivity index (χ1v) is 5.83. The number of aryl methyl sites for hydroxylation is 1. The maximum atomic E-state index is 6.21. The summed E-state index contributed by atoms with van der Waals surface area (Å²) in [5.74, 6) is 0. The lowest BCUT2D eigenvalue weighted by Gasteiger charge is -2.33. The van der Waals surface area contributed by atoms with Crippen molar-refractivity contribution in [2.24, 2.45) is 5.73 Å². The van der Waals surface area contributed by atoms with E-state index in [0.717, 1.165) is 19.1 Å². The normalized spacial score (nSPS) is 26.4. The van der Waals surface area contributed by atoms with E-state index in [-0.39, 0.29) is 6.04 Å². The Morgan fingerprint density at radius 3 is 2.87 bits per heavy atom. The summed E-state index contributed by atoms with van der Waals surface area (Å²) in [4.78, 5) is 2.55. The predicted octanol–water partition coefficient (Wildman–Crippen LogP) is 1.97. The van der Waals surface area contributed by atoms with Crippen LogP contribution in [0.4, 0.5) is 0 Å². The molecule has 1 saturated carbocycles. The second kappa shape index (κ2) is 3.32. The van der Waals surface area contributed by atoms with Gasteiger partial charge in [-0.3, -0.25) is 4.90 Å². The van der Waals surface area contributed by atoms with Crippen molar-refractivity contribution in [3.05, 3.63) is 34.9 Å². The number of nitrogens with zero attached hydrogens (tertiary/aromatic N) is 1. The standard InChI is InChI=1S/C13H18N2/c1-9-2-5-12-10(6-9)7-15(8-13(12)14)11-3-4-11/h2,5-6,11,13H,3-4,7-8,14H2,1H3. The van der Waals surface area contributed by atoms with Crippen molar-refractivity contribution in [1.82, 2.24) is 4.90 Å². The molecule has 2 aliphatic rings. The van der Waals surface area contributed by atoms with Gasteiger partial charge in [-0.15, -0.1) is 0 Å². The van der Waals surface area contributed by atoms with Gasteiger partial charge in [0, 0.05) is 25.2 Å². The van der Waals surface area contributed by atoms with Crippen molar-refractivity contribution >= 4 is 0 Å². The second-order valence-corrected chi connectivity index (χ2v) is 4.97. The highest BCUT2D eigenvalue weighted by molar-refractivity contribution is 5.35. The van der Waals surface area contributed by atoms with E-state index in [1.807, 2.05) is 0 Å². The smallest absolute Gasteiger partial charge is 0.0427 e. The molecule has 0 aromatic heterocycles.